The van der Waals surface area contributed by atoms with Crippen LogP contribution in [0, 0.1) is 0 Å². The molecule has 6 nitrogen and oxygen atoms in total. The van der Waals surface area contributed by atoms with Crippen LogP contribution in [-0.4, -0.2) is 28.9 Å². The van der Waals surface area contributed by atoms with E-state index in [2.05, 4.69) is 21.2 Å². The lowest BCUT2D eigenvalue weighted by molar-refractivity contribution is 0.0879. The van der Waals surface area contributed by atoms with Crippen LogP contribution in [0.2, 0.25) is 0 Å². The Kier molecular flexibility index (Phi) is 3.14. The standard InChI is InChI=1S/C17H11BrN2O4/c1-24-9-4-2-8(3-5-9)15-14(18)12-6-10-11(7-13(12)20(15)23)17(22)19-16(10)21/h2-7,23H,1H3,(H,19,21,22). The van der Waals surface area contributed by atoms with Crippen LogP contribution in [0.1, 0.15) is 20.7 Å². The molecule has 120 valence electrons. The first kappa shape index (κ1) is 14.8. The number of carbonyl (C=O) groups is 2. The lowest BCUT2D eigenvalue weighted by atomic mass is 10.1. The van der Waals surface area contributed by atoms with Crippen LogP contribution in [-0.2, 0) is 0 Å². The van der Waals surface area contributed by atoms with Crippen LogP contribution in [0.4, 0.5) is 0 Å². The zero-order valence-corrected chi connectivity index (χ0v) is 14.0. The molecular formula is C17H11BrN2O4. The summed E-state index contributed by atoms with van der Waals surface area (Å²) in [6.45, 7) is 0. The second-order valence-electron chi connectivity index (χ2n) is 5.40. The molecule has 2 heterocycles. The zero-order valence-electron chi connectivity index (χ0n) is 12.5. The van der Waals surface area contributed by atoms with Gasteiger partial charge in [0.05, 0.1) is 28.2 Å². The molecule has 0 spiro atoms. The minimum atomic E-state index is -0.458. The van der Waals surface area contributed by atoms with E-state index in [1.54, 1.807) is 25.3 Å². The van der Waals surface area contributed by atoms with Crippen molar-refractivity contribution in [1.82, 2.24) is 10.0 Å². The molecule has 2 amide bonds. The first-order chi connectivity index (χ1) is 11.5. The van der Waals surface area contributed by atoms with Gasteiger partial charge in [-0.25, -0.2) is 0 Å². The first-order valence-electron chi connectivity index (χ1n) is 7.08. The van der Waals surface area contributed by atoms with E-state index < -0.39 is 11.8 Å². The third kappa shape index (κ3) is 1.94. The Labute approximate surface area is 144 Å². The van der Waals surface area contributed by atoms with Crippen molar-refractivity contribution in [1.29, 1.82) is 0 Å². The van der Waals surface area contributed by atoms with Crippen LogP contribution in [0.15, 0.2) is 40.9 Å². The molecule has 2 aromatic carbocycles. The molecule has 0 bridgehead atoms. The van der Waals surface area contributed by atoms with Gasteiger partial charge in [0.15, 0.2) is 0 Å². The third-order valence-electron chi connectivity index (χ3n) is 4.10. The molecule has 2 N–H and O–H groups in total. The Morgan fingerprint density at radius 3 is 2.33 bits per heavy atom. The molecular weight excluding hydrogens is 376 g/mol. The van der Waals surface area contributed by atoms with Gasteiger partial charge in [-0.3, -0.25) is 14.9 Å². The van der Waals surface area contributed by atoms with Crippen molar-refractivity contribution in [2.75, 3.05) is 7.11 Å². The van der Waals surface area contributed by atoms with E-state index >= 15 is 0 Å². The topological polar surface area (TPSA) is 80.6 Å². The van der Waals surface area contributed by atoms with Crippen molar-refractivity contribution < 1.29 is 19.5 Å². The highest BCUT2D eigenvalue weighted by Gasteiger charge is 2.29. The molecule has 0 unspecified atom stereocenters. The Hall–Kier alpha value is -2.80. The highest BCUT2D eigenvalue weighted by atomic mass is 79.9. The van der Waals surface area contributed by atoms with Gasteiger partial charge in [0, 0.05) is 10.9 Å². The molecule has 0 saturated heterocycles. The summed E-state index contributed by atoms with van der Waals surface area (Å²) < 4.78 is 6.79. The van der Waals surface area contributed by atoms with Crippen molar-refractivity contribution in [2.45, 2.75) is 0 Å². The highest BCUT2D eigenvalue weighted by molar-refractivity contribution is 9.10. The van der Waals surface area contributed by atoms with Crippen molar-refractivity contribution in [3.8, 4) is 17.0 Å². The zero-order chi connectivity index (χ0) is 17.0. The van der Waals surface area contributed by atoms with Crippen molar-refractivity contribution in [3.05, 3.63) is 52.0 Å². The van der Waals surface area contributed by atoms with E-state index in [4.69, 9.17) is 4.74 Å². The molecule has 3 aromatic rings. The molecule has 0 saturated carbocycles. The summed E-state index contributed by atoms with van der Waals surface area (Å²) in [6.07, 6.45) is 0. The van der Waals surface area contributed by atoms with Crippen molar-refractivity contribution in [2.24, 2.45) is 0 Å². The van der Waals surface area contributed by atoms with Gasteiger partial charge < -0.3 is 9.94 Å². The summed E-state index contributed by atoms with van der Waals surface area (Å²) in [6, 6.07) is 10.3. The van der Waals surface area contributed by atoms with Gasteiger partial charge >= 0.3 is 0 Å². The van der Waals surface area contributed by atoms with Gasteiger partial charge in [0.1, 0.15) is 11.4 Å². The Morgan fingerprint density at radius 2 is 1.71 bits per heavy atom. The maximum Gasteiger partial charge on any atom is 0.259 e. The lowest BCUT2D eigenvalue weighted by Gasteiger charge is -2.05. The summed E-state index contributed by atoms with van der Waals surface area (Å²) in [7, 11) is 1.58. The summed E-state index contributed by atoms with van der Waals surface area (Å²) in [4.78, 5) is 23.6. The highest BCUT2D eigenvalue weighted by Crippen LogP contribution is 2.39. The fourth-order valence-corrected chi connectivity index (χ4v) is 3.61. The van der Waals surface area contributed by atoms with Gasteiger partial charge in [-0.1, -0.05) is 0 Å². The summed E-state index contributed by atoms with van der Waals surface area (Å²) in [5.74, 6) is -0.183. The van der Waals surface area contributed by atoms with Gasteiger partial charge in [0.2, 0.25) is 0 Å². The van der Waals surface area contributed by atoms with E-state index in [1.165, 1.54) is 6.07 Å². The van der Waals surface area contributed by atoms with Crippen LogP contribution in [0.25, 0.3) is 22.2 Å². The first-order valence-corrected chi connectivity index (χ1v) is 7.88. The number of carbonyl (C=O) groups excluding carboxylic acids is 2. The van der Waals surface area contributed by atoms with Crippen molar-refractivity contribution >= 4 is 38.6 Å². The van der Waals surface area contributed by atoms with Crippen LogP contribution in [0.5, 0.6) is 5.75 Å². The number of hydrogen-bond donors (Lipinski definition) is 2. The maximum atomic E-state index is 11.8. The average molecular weight is 387 g/mol. The summed E-state index contributed by atoms with van der Waals surface area (Å²) >= 11 is 3.49. The number of benzene rings is 2. The molecule has 7 heteroatoms. The Balaban J connectivity index is 1.98. The van der Waals surface area contributed by atoms with E-state index in [1.807, 2.05) is 12.1 Å². The molecule has 1 aromatic heterocycles. The van der Waals surface area contributed by atoms with Gasteiger partial charge in [0.25, 0.3) is 11.8 Å². The van der Waals surface area contributed by atoms with Crippen LogP contribution in [0.3, 0.4) is 0 Å². The Bertz CT molecular complexity index is 964. The molecule has 4 rings (SSSR count). The van der Waals surface area contributed by atoms with Gasteiger partial charge in [-0.05, 0) is 52.3 Å². The lowest BCUT2D eigenvalue weighted by Crippen LogP contribution is -2.19. The maximum absolute atomic E-state index is 11.8. The van der Waals surface area contributed by atoms with E-state index in [0.29, 0.717) is 32.4 Å². The van der Waals surface area contributed by atoms with Crippen molar-refractivity contribution in [3.63, 3.8) is 0 Å². The number of ether oxygens (including phenoxy) is 1. The molecule has 1 aliphatic rings. The number of hydrogen-bond acceptors (Lipinski definition) is 4. The van der Waals surface area contributed by atoms with Crippen LogP contribution >= 0.6 is 15.9 Å². The van der Waals surface area contributed by atoms with E-state index in [9.17, 15) is 14.8 Å². The normalized spacial score (nSPS) is 13.2. The second kappa shape index (κ2) is 5.10. The van der Waals surface area contributed by atoms with Gasteiger partial charge in [-0.15, -0.1) is 0 Å². The number of nitrogens with one attached hydrogen (secondary N) is 1. The fourth-order valence-electron chi connectivity index (χ4n) is 2.89. The number of nitrogens with zero attached hydrogens (tertiary/aromatic N) is 1. The largest absolute Gasteiger partial charge is 0.497 e. The number of halogens is 1. The minimum Gasteiger partial charge on any atom is -0.497 e. The molecule has 24 heavy (non-hydrogen) atoms. The molecule has 0 atom stereocenters. The second-order valence-corrected chi connectivity index (χ2v) is 6.19. The van der Waals surface area contributed by atoms with Gasteiger partial charge in [-0.2, -0.15) is 4.73 Å². The summed E-state index contributed by atoms with van der Waals surface area (Å²) in [5.41, 5.74) is 2.30. The van der Waals surface area contributed by atoms with Crippen LogP contribution < -0.4 is 10.1 Å². The number of fused-ring (bicyclic) bond motifs is 2. The number of rotatable bonds is 2. The average Bonchev–Trinajstić information content (AvgIpc) is 3.01. The third-order valence-corrected chi connectivity index (χ3v) is 4.90. The monoisotopic (exact) mass is 386 g/mol. The van der Waals surface area contributed by atoms with E-state index in [0.717, 1.165) is 10.3 Å². The SMILES string of the molecule is COc1ccc(-c2c(Br)c3cc4c(cc3n2O)C(=O)NC4=O)cc1. The molecule has 1 aliphatic heterocycles. The minimum absolute atomic E-state index is 0.258. The number of amides is 2. The fraction of sp³-hybridized carbons (Fsp3) is 0.0588. The quantitative estimate of drug-likeness (QED) is 0.523. The smallest absolute Gasteiger partial charge is 0.259 e. The molecule has 0 radical (unpaired) electrons. The number of aromatic nitrogens is 1. The predicted molar refractivity (Wildman–Crippen MR) is 90.6 cm³/mol. The molecule has 0 fully saturated rings. The Morgan fingerprint density at radius 1 is 1.08 bits per heavy atom. The molecule has 0 aliphatic carbocycles. The number of imide groups is 1. The summed E-state index contributed by atoms with van der Waals surface area (Å²) in [5, 5.41) is 13.5. The predicted octanol–water partition coefficient (Wildman–Crippen LogP) is 3.20. The van der Waals surface area contributed by atoms with E-state index in [-0.39, 0.29) is 5.56 Å². The number of methoxy groups -OCH3 is 1.